The number of ether oxygens (including phenoxy) is 1. The van der Waals surface area contributed by atoms with Gasteiger partial charge in [-0.3, -0.25) is 4.79 Å². The minimum atomic E-state index is -1.45. The summed E-state index contributed by atoms with van der Waals surface area (Å²) in [6.07, 6.45) is -0.671. The van der Waals surface area contributed by atoms with Crippen molar-refractivity contribution < 1.29 is 9.53 Å². The van der Waals surface area contributed by atoms with Crippen molar-refractivity contribution in [2.75, 3.05) is 0 Å². The molecule has 0 spiro atoms. The van der Waals surface area contributed by atoms with Crippen molar-refractivity contribution in [2.45, 2.75) is 96.6 Å². The Labute approximate surface area is 181 Å². The summed E-state index contributed by atoms with van der Waals surface area (Å²) in [4.78, 5) is 12.4. The fourth-order valence-corrected chi connectivity index (χ4v) is 4.85. The van der Waals surface area contributed by atoms with Crippen LogP contribution in [0.3, 0.4) is 0 Å². The molecule has 3 atom stereocenters. The number of alkyl halides is 2. The third-order valence-electron chi connectivity index (χ3n) is 5.97. The van der Waals surface area contributed by atoms with Crippen LogP contribution in [0, 0.1) is 11.8 Å². The molecule has 0 heterocycles. The molecular weight excluding hydrogens is 391 g/mol. The van der Waals surface area contributed by atoms with Crippen molar-refractivity contribution >= 4 is 29.0 Å². The van der Waals surface area contributed by atoms with Crippen LogP contribution in [0.15, 0.2) is 12.1 Å². The van der Waals surface area contributed by atoms with Crippen LogP contribution in [0.2, 0.25) is 0 Å². The SMILES string of the molecule is CC(C)c1cc(C(C)C)c([C@H](C)O[C@H]2[C@@H](C(C)C)C(=O)C2(Cl)Cl)c(C(C)C)c1. The van der Waals surface area contributed by atoms with Crippen molar-refractivity contribution in [1.82, 2.24) is 0 Å². The standard InChI is InChI=1S/C24H36Cl2O2/c1-12(2)17-10-18(13(3)4)21(19(11-17)14(5)6)16(9)28-23-20(15(7)8)22(27)24(23,25)26/h10-16,20,23H,1-9H3/t16-,20-,23-/m0/s1. The number of carbonyl (C=O) groups is 1. The molecule has 4 heteroatoms. The predicted molar refractivity (Wildman–Crippen MR) is 120 cm³/mol. The number of hydrogen-bond donors (Lipinski definition) is 0. The highest BCUT2D eigenvalue weighted by Crippen LogP contribution is 2.50. The Bertz CT molecular complexity index is 690. The fourth-order valence-electron chi connectivity index (χ4n) is 4.22. The molecule has 1 aliphatic carbocycles. The summed E-state index contributed by atoms with van der Waals surface area (Å²) in [6.45, 7) is 19.4. The van der Waals surface area contributed by atoms with E-state index in [1.807, 2.05) is 13.8 Å². The normalized spacial score (nSPS) is 23.0. The number of carbonyl (C=O) groups excluding carboxylic acids is 1. The van der Waals surface area contributed by atoms with E-state index in [1.54, 1.807) is 0 Å². The first-order valence-electron chi connectivity index (χ1n) is 10.6. The molecule has 0 radical (unpaired) electrons. The largest absolute Gasteiger partial charge is 0.366 e. The molecule has 1 saturated carbocycles. The van der Waals surface area contributed by atoms with Gasteiger partial charge in [0.05, 0.1) is 12.0 Å². The molecular formula is C24H36Cl2O2. The van der Waals surface area contributed by atoms with Crippen molar-refractivity contribution in [3.8, 4) is 0 Å². The summed E-state index contributed by atoms with van der Waals surface area (Å²) in [5, 5.41) is 0. The van der Waals surface area contributed by atoms with Gasteiger partial charge in [0.1, 0.15) is 6.10 Å². The highest BCUT2D eigenvalue weighted by Gasteiger charge is 2.62. The summed E-state index contributed by atoms with van der Waals surface area (Å²) in [5.74, 6) is 0.987. The topological polar surface area (TPSA) is 26.3 Å². The third kappa shape index (κ3) is 4.30. The van der Waals surface area contributed by atoms with E-state index in [9.17, 15) is 4.79 Å². The van der Waals surface area contributed by atoms with E-state index >= 15 is 0 Å². The van der Waals surface area contributed by atoms with Gasteiger partial charge in [-0.2, -0.15) is 0 Å². The van der Waals surface area contributed by atoms with Crippen LogP contribution in [0.1, 0.15) is 108 Å². The zero-order valence-corrected chi connectivity index (χ0v) is 20.3. The highest BCUT2D eigenvalue weighted by atomic mass is 35.5. The summed E-state index contributed by atoms with van der Waals surface area (Å²) in [7, 11) is 0. The molecule has 1 aromatic rings. The van der Waals surface area contributed by atoms with Gasteiger partial charge in [0, 0.05) is 0 Å². The lowest BCUT2D eigenvalue weighted by Gasteiger charge is -2.48. The van der Waals surface area contributed by atoms with Crippen molar-refractivity contribution in [2.24, 2.45) is 11.8 Å². The summed E-state index contributed by atoms with van der Waals surface area (Å²) >= 11 is 12.7. The molecule has 0 bridgehead atoms. The lowest BCUT2D eigenvalue weighted by molar-refractivity contribution is -0.157. The molecule has 0 amide bonds. The maximum Gasteiger partial charge on any atom is 0.202 e. The predicted octanol–water partition coefficient (Wildman–Crippen LogP) is 7.53. The molecule has 28 heavy (non-hydrogen) atoms. The summed E-state index contributed by atoms with van der Waals surface area (Å²) < 4.78 is 4.98. The zero-order valence-electron chi connectivity index (χ0n) is 18.8. The highest BCUT2D eigenvalue weighted by molar-refractivity contribution is 6.61. The molecule has 158 valence electrons. The number of benzene rings is 1. The first-order chi connectivity index (χ1) is 12.8. The molecule has 0 N–H and O–H groups in total. The van der Waals surface area contributed by atoms with Crippen LogP contribution in [0.25, 0.3) is 0 Å². The maximum atomic E-state index is 12.4. The molecule has 0 unspecified atom stereocenters. The number of rotatable bonds is 7. The molecule has 1 fully saturated rings. The van der Waals surface area contributed by atoms with Crippen LogP contribution >= 0.6 is 23.2 Å². The van der Waals surface area contributed by atoms with Gasteiger partial charge >= 0.3 is 0 Å². The van der Waals surface area contributed by atoms with E-state index in [2.05, 4.69) is 60.6 Å². The molecule has 2 rings (SSSR count). The van der Waals surface area contributed by atoms with Gasteiger partial charge in [0.2, 0.25) is 4.33 Å². The Hall–Kier alpha value is -0.570. The molecule has 0 saturated heterocycles. The summed E-state index contributed by atoms with van der Waals surface area (Å²) in [6, 6.07) is 4.63. The van der Waals surface area contributed by atoms with Crippen LogP contribution in [-0.2, 0) is 9.53 Å². The van der Waals surface area contributed by atoms with Gasteiger partial charge in [-0.15, -0.1) is 0 Å². The van der Waals surface area contributed by atoms with Crippen LogP contribution in [-0.4, -0.2) is 16.2 Å². The monoisotopic (exact) mass is 426 g/mol. The van der Waals surface area contributed by atoms with Gasteiger partial charge in [-0.05, 0) is 52.8 Å². The van der Waals surface area contributed by atoms with Crippen molar-refractivity contribution in [1.29, 1.82) is 0 Å². The quantitative estimate of drug-likeness (QED) is 0.420. The summed E-state index contributed by atoms with van der Waals surface area (Å²) in [5.41, 5.74) is 5.19. The fraction of sp³-hybridized carbons (Fsp3) is 0.708. The molecule has 1 aliphatic rings. The zero-order chi connectivity index (χ0) is 21.5. The molecule has 1 aromatic carbocycles. The van der Waals surface area contributed by atoms with Crippen LogP contribution in [0.4, 0.5) is 0 Å². The second kappa shape index (κ2) is 8.66. The second-order valence-corrected chi connectivity index (χ2v) is 10.9. The number of ketones is 1. The number of halogens is 2. The lowest BCUT2D eigenvalue weighted by atomic mass is 9.72. The second-order valence-electron chi connectivity index (χ2n) is 9.53. The van der Waals surface area contributed by atoms with E-state index in [0.717, 1.165) is 0 Å². The smallest absolute Gasteiger partial charge is 0.202 e. The van der Waals surface area contributed by atoms with Crippen LogP contribution in [0.5, 0.6) is 0 Å². The van der Waals surface area contributed by atoms with Gasteiger partial charge in [-0.1, -0.05) is 90.7 Å². The van der Waals surface area contributed by atoms with Crippen LogP contribution < -0.4 is 0 Å². The first-order valence-corrected chi connectivity index (χ1v) is 11.3. The lowest BCUT2D eigenvalue weighted by Crippen LogP contribution is -2.63. The molecule has 0 aromatic heterocycles. The first kappa shape index (κ1) is 23.7. The average Bonchev–Trinajstić information content (AvgIpc) is 2.59. The Morgan fingerprint density at radius 3 is 1.68 bits per heavy atom. The van der Waals surface area contributed by atoms with Gasteiger partial charge in [0.15, 0.2) is 5.78 Å². The Morgan fingerprint density at radius 1 is 0.857 bits per heavy atom. The minimum absolute atomic E-state index is 0.119. The van der Waals surface area contributed by atoms with E-state index < -0.39 is 10.4 Å². The Balaban J connectivity index is 2.49. The maximum absolute atomic E-state index is 12.4. The van der Waals surface area contributed by atoms with E-state index in [-0.39, 0.29) is 23.7 Å². The van der Waals surface area contributed by atoms with Crippen molar-refractivity contribution in [3.05, 3.63) is 34.4 Å². The van der Waals surface area contributed by atoms with Gasteiger partial charge in [-0.25, -0.2) is 0 Å². The van der Waals surface area contributed by atoms with Gasteiger partial charge in [0.25, 0.3) is 0 Å². The van der Waals surface area contributed by atoms with E-state index in [4.69, 9.17) is 27.9 Å². The van der Waals surface area contributed by atoms with Crippen molar-refractivity contribution in [3.63, 3.8) is 0 Å². The van der Waals surface area contributed by atoms with E-state index in [1.165, 1.54) is 22.3 Å². The molecule has 2 nitrogen and oxygen atoms in total. The number of Topliss-reactive ketones (excluding diaryl/α,β-unsaturated/α-hetero) is 1. The Kier molecular flexibility index (Phi) is 7.33. The van der Waals surface area contributed by atoms with E-state index in [0.29, 0.717) is 17.8 Å². The Morgan fingerprint density at radius 2 is 1.32 bits per heavy atom. The average molecular weight is 427 g/mol. The third-order valence-corrected chi connectivity index (χ3v) is 6.77. The minimum Gasteiger partial charge on any atom is -0.366 e. The molecule has 0 aliphatic heterocycles. The van der Waals surface area contributed by atoms with Gasteiger partial charge < -0.3 is 4.74 Å². The number of hydrogen-bond acceptors (Lipinski definition) is 2.